The molecule has 1 saturated heterocycles. The van der Waals surface area contributed by atoms with E-state index >= 15 is 0 Å². The number of hydrogen-bond donors (Lipinski definition) is 0. The molecule has 4 rings (SSSR count). The molecule has 2 heterocycles. The van der Waals surface area contributed by atoms with Gasteiger partial charge in [0, 0.05) is 31.4 Å². The Morgan fingerprint density at radius 3 is 2.46 bits per heavy atom. The smallest absolute Gasteiger partial charge is 0.300 e. The number of anilines is 2. The van der Waals surface area contributed by atoms with Gasteiger partial charge in [0.05, 0.1) is 17.9 Å². The molecule has 1 atom stereocenters. The molecular formula is C21H23N3O2. The van der Waals surface area contributed by atoms with Crippen molar-refractivity contribution in [1.82, 2.24) is 4.90 Å². The fraction of sp³-hybridized carbons (Fsp3) is 0.333. The van der Waals surface area contributed by atoms with Crippen LogP contribution in [0.1, 0.15) is 22.8 Å². The highest BCUT2D eigenvalue weighted by molar-refractivity contribution is 6.52. The number of amides is 1. The van der Waals surface area contributed by atoms with E-state index < -0.39 is 11.7 Å². The first-order chi connectivity index (χ1) is 12.5. The summed E-state index contributed by atoms with van der Waals surface area (Å²) >= 11 is 0. The fourth-order valence-corrected chi connectivity index (χ4v) is 3.87. The summed E-state index contributed by atoms with van der Waals surface area (Å²) in [7, 11) is 0. The first kappa shape index (κ1) is 16.8. The predicted molar refractivity (Wildman–Crippen MR) is 103 cm³/mol. The van der Waals surface area contributed by atoms with Crippen molar-refractivity contribution in [2.75, 3.05) is 36.1 Å². The molecular weight excluding hydrogens is 326 g/mol. The zero-order chi connectivity index (χ0) is 18.3. The van der Waals surface area contributed by atoms with Gasteiger partial charge in [0.25, 0.3) is 5.78 Å². The normalized spacial score (nSPS) is 20.6. The number of piperazine rings is 1. The van der Waals surface area contributed by atoms with E-state index in [4.69, 9.17) is 0 Å². The second-order valence-corrected chi connectivity index (χ2v) is 7.18. The van der Waals surface area contributed by atoms with E-state index in [0.29, 0.717) is 18.3 Å². The van der Waals surface area contributed by atoms with Crippen molar-refractivity contribution < 1.29 is 9.59 Å². The minimum absolute atomic E-state index is 0.343. The van der Waals surface area contributed by atoms with Crippen LogP contribution in [-0.4, -0.2) is 48.9 Å². The number of para-hydroxylation sites is 1. The molecule has 134 valence electrons. The summed E-state index contributed by atoms with van der Waals surface area (Å²) in [6, 6.07) is 16.2. The Labute approximate surface area is 153 Å². The Morgan fingerprint density at radius 2 is 1.73 bits per heavy atom. The topological polar surface area (TPSA) is 43.9 Å². The maximum atomic E-state index is 12.4. The molecule has 0 unspecified atom stereocenters. The van der Waals surface area contributed by atoms with E-state index in [1.165, 1.54) is 11.3 Å². The van der Waals surface area contributed by atoms with Crippen LogP contribution in [0.15, 0.2) is 48.5 Å². The number of aryl methyl sites for hydroxylation is 1. The molecule has 0 N–H and O–H groups in total. The lowest BCUT2D eigenvalue weighted by Gasteiger charge is -2.42. The molecule has 5 nitrogen and oxygen atoms in total. The highest BCUT2D eigenvalue weighted by Crippen LogP contribution is 2.29. The molecule has 0 radical (unpaired) electrons. The van der Waals surface area contributed by atoms with Crippen LogP contribution in [0.4, 0.5) is 11.4 Å². The molecule has 2 aliphatic heterocycles. The van der Waals surface area contributed by atoms with Gasteiger partial charge in [-0.05, 0) is 38.1 Å². The Kier molecular flexibility index (Phi) is 4.24. The molecule has 0 spiro atoms. The van der Waals surface area contributed by atoms with E-state index in [1.54, 1.807) is 17.0 Å². The van der Waals surface area contributed by atoms with Gasteiger partial charge in [0.1, 0.15) is 0 Å². The van der Waals surface area contributed by atoms with Crippen LogP contribution in [0.25, 0.3) is 0 Å². The van der Waals surface area contributed by atoms with Gasteiger partial charge in [-0.25, -0.2) is 0 Å². The van der Waals surface area contributed by atoms with Crippen LogP contribution in [0.5, 0.6) is 0 Å². The fourth-order valence-electron chi connectivity index (χ4n) is 3.87. The van der Waals surface area contributed by atoms with Crippen LogP contribution < -0.4 is 9.80 Å². The standard InChI is InChI=1S/C21H23N3O2/c1-15-7-9-17(10-8-15)23-12-11-22(13-16(23)2)14-24-19-6-4-3-5-18(19)20(25)21(24)26/h3-10,16H,11-14H2,1-2H3/t16-/m0/s1. The number of fused-ring (bicyclic) bond motifs is 1. The quantitative estimate of drug-likeness (QED) is 0.799. The van der Waals surface area contributed by atoms with Gasteiger partial charge in [-0.1, -0.05) is 29.8 Å². The minimum atomic E-state index is -0.417. The maximum Gasteiger partial charge on any atom is 0.300 e. The molecule has 1 fully saturated rings. The van der Waals surface area contributed by atoms with E-state index in [2.05, 4.69) is 47.9 Å². The second kappa shape index (κ2) is 6.57. The third kappa shape index (κ3) is 2.88. The number of carbonyl (C=O) groups excluding carboxylic acids is 2. The number of Topliss-reactive ketones (excluding diaryl/α,β-unsaturated/α-hetero) is 1. The van der Waals surface area contributed by atoms with Gasteiger partial charge in [0.15, 0.2) is 0 Å². The number of ketones is 1. The SMILES string of the molecule is Cc1ccc(N2CCN(CN3C(=O)C(=O)c4ccccc43)C[C@@H]2C)cc1. The molecule has 1 amide bonds. The molecule has 2 aromatic rings. The van der Waals surface area contributed by atoms with Gasteiger partial charge in [-0.2, -0.15) is 0 Å². The third-order valence-electron chi connectivity index (χ3n) is 5.30. The average molecular weight is 349 g/mol. The molecule has 2 aliphatic rings. The zero-order valence-electron chi connectivity index (χ0n) is 15.2. The van der Waals surface area contributed by atoms with Crippen molar-refractivity contribution in [2.24, 2.45) is 0 Å². The minimum Gasteiger partial charge on any atom is -0.366 e. The first-order valence-corrected chi connectivity index (χ1v) is 9.05. The van der Waals surface area contributed by atoms with Crippen molar-refractivity contribution in [3.8, 4) is 0 Å². The van der Waals surface area contributed by atoms with E-state index in [1.807, 2.05) is 12.1 Å². The number of rotatable bonds is 3. The van der Waals surface area contributed by atoms with Crippen molar-refractivity contribution in [1.29, 1.82) is 0 Å². The third-order valence-corrected chi connectivity index (χ3v) is 5.30. The summed E-state index contributed by atoms with van der Waals surface area (Å²) in [5.41, 5.74) is 3.75. The van der Waals surface area contributed by atoms with Gasteiger partial charge in [-0.15, -0.1) is 0 Å². The summed E-state index contributed by atoms with van der Waals surface area (Å²) in [4.78, 5) is 30.8. The zero-order valence-corrected chi connectivity index (χ0v) is 15.2. The Bertz CT molecular complexity index is 847. The first-order valence-electron chi connectivity index (χ1n) is 9.05. The highest BCUT2D eigenvalue weighted by atomic mass is 16.2. The van der Waals surface area contributed by atoms with Crippen LogP contribution in [0.2, 0.25) is 0 Å². The molecule has 0 saturated carbocycles. The number of hydrogen-bond acceptors (Lipinski definition) is 4. The lowest BCUT2D eigenvalue weighted by Crippen LogP contribution is -2.55. The molecule has 5 heteroatoms. The number of nitrogens with zero attached hydrogens (tertiary/aromatic N) is 3. The number of carbonyl (C=O) groups is 2. The molecule has 0 aliphatic carbocycles. The van der Waals surface area contributed by atoms with Crippen LogP contribution >= 0.6 is 0 Å². The maximum absolute atomic E-state index is 12.4. The van der Waals surface area contributed by atoms with Gasteiger partial charge in [-0.3, -0.25) is 19.4 Å². The molecule has 2 aromatic carbocycles. The van der Waals surface area contributed by atoms with Crippen molar-refractivity contribution >= 4 is 23.1 Å². The largest absolute Gasteiger partial charge is 0.366 e. The van der Waals surface area contributed by atoms with E-state index in [0.717, 1.165) is 25.3 Å². The lowest BCUT2D eigenvalue weighted by atomic mass is 10.1. The van der Waals surface area contributed by atoms with Crippen LogP contribution in [0.3, 0.4) is 0 Å². The van der Waals surface area contributed by atoms with Gasteiger partial charge >= 0.3 is 5.91 Å². The van der Waals surface area contributed by atoms with Gasteiger partial charge < -0.3 is 4.90 Å². The van der Waals surface area contributed by atoms with E-state index in [-0.39, 0.29) is 0 Å². The van der Waals surface area contributed by atoms with Crippen molar-refractivity contribution in [3.05, 3.63) is 59.7 Å². The summed E-state index contributed by atoms with van der Waals surface area (Å²) < 4.78 is 0. The van der Waals surface area contributed by atoms with Crippen molar-refractivity contribution in [3.63, 3.8) is 0 Å². The molecule has 0 bridgehead atoms. The Hall–Kier alpha value is -2.66. The second-order valence-electron chi connectivity index (χ2n) is 7.18. The Balaban J connectivity index is 1.46. The van der Waals surface area contributed by atoms with Crippen LogP contribution in [-0.2, 0) is 4.79 Å². The predicted octanol–water partition coefficient (Wildman–Crippen LogP) is 2.69. The van der Waals surface area contributed by atoms with E-state index in [9.17, 15) is 9.59 Å². The summed E-state index contributed by atoms with van der Waals surface area (Å²) in [6.45, 7) is 7.39. The van der Waals surface area contributed by atoms with Crippen LogP contribution in [0, 0.1) is 6.92 Å². The van der Waals surface area contributed by atoms with Gasteiger partial charge in [0.2, 0.25) is 0 Å². The molecule has 0 aromatic heterocycles. The monoisotopic (exact) mass is 349 g/mol. The average Bonchev–Trinajstić information content (AvgIpc) is 2.88. The summed E-state index contributed by atoms with van der Waals surface area (Å²) in [5, 5.41) is 0. The summed E-state index contributed by atoms with van der Waals surface area (Å²) in [6.07, 6.45) is 0. The number of benzene rings is 2. The summed E-state index contributed by atoms with van der Waals surface area (Å²) in [5.74, 6) is -0.813. The Morgan fingerprint density at radius 1 is 1.00 bits per heavy atom. The van der Waals surface area contributed by atoms with Crippen molar-refractivity contribution in [2.45, 2.75) is 19.9 Å². The molecule has 26 heavy (non-hydrogen) atoms. The lowest BCUT2D eigenvalue weighted by molar-refractivity contribution is -0.114. The highest BCUT2D eigenvalue weighted by Gasteiger charge is 2.37.